The second kappa shape index (κ2) is 57.8. The van der Waals surface area contributed by atoms with Gasteiger partial charge in [-0.15, -0.1) is 0 Å². The molecular weight excluding hydrogens is 1100 g/mol. The van der Waals surface area contributed by atoms with E-state index < -0.39 is 97.5 Å². The average molecular weight is 1230 g/mol. The summed E-state index contributed by atoms with van der Waals surface area (Å²) >= 11 is 0. The number of hydrogen-bond donors (Lipinski definition) is 3. The standard InChI is InChI=1S/C64H124O17P2/c1-6-9-12-15-17-19-25-30-33-38-43-48-62(67)75-54-60(81-64(69)50-45-40-35-31-27-24-22-21-23-26-28-32-37-41-46-57(4)5)56-79-83(72,73)77-52-58(65)51-76-82(70,71)78-55-59(53-74-61(66)47-42-36-14-11-8-3)80-63(68)49-44-39-34-29-20-18-16-13-10-7-2/h57-60,65H,6-56H2,1-5H3,(H,70,71)(H,72,73)/t58-,59+,60+/m0/s1. The topological polar surface area (TPSA) is 237 Å². The van der Waals surface area contributed by atoms with Gasteiger partial charge in [-0.05, 0) is 31.6 Å². The van der Waals surface area contributed by atoms with Gasteiger partial charge >= 0.3 is 39.5 Å². The summed E-state index contributed by atoms with van der Waals surface area (Å²) < 4.78 is 67.8. The number of aliphatic hydroxyl groups excluding tert-OH is 1. The van der Waals surface area contributed by atoms with Gasteiger partial charge in [0.15, 0.2) is 12.2 Å². The molecule has 17 nitrogen and oxygen atoms in total. The Balaban J connectivity index is 5.15. The molecule has 0 saturated heterocycles. The van der Waals surface area contributed by atoms with Crippen LogP contribution in [0.25, 0.3) is 0 Å². The number of phosphoric acid groups is 2. The van der Waals surface area contributed by atoms with Crippen LogP contribution < -0.4 is 0 Å². The van der Waals surface area contributed by atoms with E-state index in [2.05, 4.69) is 34.6 Å². The lowest BCUT2D eigenvalue weighted by molar-refractivity contribution is -0.161. The molecule has 0 aromatic carbocycles. The maximum absolute atomic E-state index is 13.0. The van der Waals surface area contributed by atoms with E-state index in [1.807, 2.05) is 0 Å². The van der Waals surface area contributed by atoms with Crippen LogP contribution in [-0.4, -0.2) is 96.7 Å². The van der Waals surface area contributed by atoms with Crippen molar-refractivity contribution in [2.45, 2.75) is 342 Å². The van der Waals surface area contributed by atoms with Crippen molar-refractivity contribution < 1.29 is 80.2 Å². The Morgan fingerprint density at radius 3 is 0.819 bits per heavy atom. The van der Waals surface area contributed by atoms with Gasteiger partial charge in [-0.3, -0.25) is 37.3 Å². The third-order valence-corrected chi connectivity index (χ3v) is 16.7. The van der Waals surface area contributed by atoms with Crippen molar-refractivity contribution in [2.24, 2.45) is 5.92 Å². The van der Waals surface area contributed by atoms with Gasteiger partial charge in [-0.25, -0.2) is 9.13 Å². The Labute approximate surface area is 505 Å². The van der Waals surface area contributed by atoms with Gasteiger partial charge in [0.25, 0.3) is 0 Å². The summed E-state index contributed by atoms with van der Waals surface area (Å²) in [5.74, 6) is -1.35. The van der Waals surface area contributed by atoms with E-state index in [0.717, 1.165) is 102 Å². The molecule has 0 aliphatic heterocycles. The number of ether oxygens (including phenoxy) is 4. The fourth-order valence-electron chi connectivity index (χ4n) is 9.58. The van der Waals surface area contributed by atoms with Crippen LogP contribution in [0.4, 0.5) is 0 Å². The maximum atomic E-state index is 13.0. The molecule has 0 rings (SSSR count). The van der Waals surface area contributed by atoms with Crippen LogP contribution in [-0.2, 0) is 65.4 Å². The van der Waals surface area contributed by atoms with E-state index in [4.69, 9.17) is 37.0 Å². The van der Waals surface area contributed by atoms with Crippen molar-refractivity contribution in [2.75, 3.05) is 39.6 Å². The molecule has 0 amide bonds. The zero-order valence-corrected chi connectivity index (χ0v) is 55.1. The molecule has 0 spiro atoms. The minimum Gasteiger partial charge on any atom is -0.462 e. The largest absolute Gasteiger partial charge is 0.472 e. The molecule has 0 bridgehead atoms. The van der Waals surface area contributed by atoms with Crippen LogP contribution in [0.15, 0.2) is 0 Å². The molecular formula is C64H124O17P2. The first-order valence-corrected chi connectivity index (χ1v) is 36.6. The Morgan fingerprint density at radius 1 is 0.325 bits per heavy atom. The van der Waals surface area contributed by atoms with Crippen LogP contribution in [0.1, 0.15) is 324 Å². The van der Waals surface area contributed by atoms with E-state index in [9.17, 15) is 43.2 Å². The number of aliphatic hydroxyl groups is 1. The third kappa shape index (κ3) is 58.8. The first kappa shape index (κ1) is 81.1. The minimum absolute atomic E-state index is 0.106. The van der Waals surface area contributed by atoms with Gasteiger partial charge in [0, 0.05) is 25.7 Å². The summed E-state index contributed by atoms with van der Waals surface area (Å²) in [6.07, 6.45) is 42.0. The van der Waals surface area contributed by atoms with Crippen LogP contribution in [0.3, 0.4) is 0 Å². The van der Waals surface area contributed by atoms with Gasteiger partial charge in [0.2, 0.25) is 0 Å². The van der Waals surface area contributed by atoms with Crippen molar-refractivity contribution in [1.29, 1.82) is 0 Å². The number of carbonyl (C=O) groups excluding carboxylic acids is 4. The monoisotopic (exact) mass is 1230 g/mol. The Morgan fingerprint density at radius 2 is 0.554 bits per heavy atom. The molecule has 5 atom stereocenters. The normalized spacial score (nSPS) is 14.2. The van der Waals surface area contributed by atoms with Crippen molar-refractivity contribution in [3.63, 3.8) is 0 Å². The fraction of sp³-hybridized carbons (Fsp3) is 0.938. The smallest absolute Gasteiger partial charge is 0.462 e. The van der Waals surface area contributed by atoms with Crippen LogP contribution in [0, 0.1) is 5.92 Å². The quantitative estimate of drug-likeness (QED) is 0.0222. The summed E-state index contributed by atoms with van der Waals surface area (Å²) in [5, 5.41) is 10.5. The summed E-state index contributed by atoms with van der Waals surface area (Å²) in [7, 11) is -9.88. The number of hydrogen-bond acceptors (Lipinski definition) is 15. The lowest BCUT2D eigenvalue weighted by Gasteiger charge is -2.21. The molecule has 0 fully saturated rings. The first-order valence-electron chi connectivity index (χ1n) is 33.6. The highest BCUT2D eigenvalue weighted by molar-refractivity contribution is 7.47. The molecule has 0 aliphatic carbocycles. The SMILES string of the molecule is CCCCCCCCCCCCCC(=O)OC[C@H](COP(=O)(O)OC[C@@H](O)COP(=O)(O)OC[C@@H](COC(=O)CCCCCCC)OC(=O)CCCCCCCCCCCC)OC(=O)CCCCCCCCCCCCCCCCC(C)C. The first-order chi connectivity index (χ1) is 40.0. The lowest BCUT2D eigenvalue weighted by atomic mass is 10.0. The second-order valence-electron chi connectivity index (χ2n) is 23.6. The van der Waals surface area contributed by atoms with Gasteiger partial charge in [0.1, 0.15) is 19.3 Å². The molecule has 0 aromatic heterocycles. The number of esters is 4. The van der Waals surface area contributed by atoms with Crippen molar-refractivity contribution >= 4 is 39.5 Å². The molecule has 492 valence electrons. The number of carbonyl (C=O) groups is 4. The highest BCUT2D eigenvalue weighted by Crippen LogP contribution is 2.45. The molecule has 2 unspecified atom stereocenters. The van der Waals surface area contributed by atoms with E-state index >= 15 is 0 Å². The Kier molecular flexibility index (Phi) is 56.4. The predicted molar refractivity (Wildman–Crippen MR) is 331 cm³/mol. The average Bonchev–Trinajstić information content (AvgIpc) is 3.45. The highest BCUT2D eigenvalue weighted by Gasteiger charge is 2.30. The lowest BCUT2D eigenvalue weighted by Crippen LogP contribution is -2.30. The summed E-state index contributed by atoms with van der Waals surface area (Å²) in [5.41, 5.74) is 0. The Bertz CT molecular complexity index is 1620. The molecule has 0 aliphatic rings. The number of phosphoric ester groups is 2. The zero-order chi connectivity index (χ0) is 61.3. The van der Waals surface area contributed by atoms with Crippen molar-refractivity contribution in [1.82, 2.24) is 0 Å². The molecule has 19 heteroatoms. The third-order valence-electron chi connectivity index (χ3n) is 14.8. The van der Waals surface area contributed by atoms with Crippen LogP contribution in [0.2, 0.25) is 0 Å². The molecule has 0 saturated carbocycles. The maximum Gasteiger partial charge on any atom is 0.472 e. The molecule has 0 aromatic rings. The number of rotatable bonds is 64. The second-order valence-corrected chi connectivity index (χ2v) is 26.5. The van der Waals surface area contributed by atoms with E-state index in [1.54, 1.807) is 0 Å². The minimum atomic E-state index is -4.94. The molecule has 83 heavy (non-hydrogen) atoms. The van der Waals surface area contributed by atoms with Crippen molar-refractivity contribution in [3.8, 4) is 0 Å². The van der Waals surface area contributed by atoms with E-state index in [-0.39, 0.29) is 25.7 Å². The van der Waals surface area contributed by atoms with Gasteiger partial charge in [-0.1, -0.05) is 272 Å². The van der Waals surface area contributed by atoms with Crippen molar-refractivity contribution in [3.05, 3.63) is 0 Å². The fourth-order valence-corrected chi connectivity index (χ4v) is 11.2. The molecule has 0 radical (unpaired) electrons. The van der Waals surface area contributed by atoms with Gasteiger partial charge < -0.3 is 33.8 Å². The summed E-state index contributed by atoms with van der Waals surface area (Å²) in [6, 6.07) is 0. The summed E-state index contributed by atoms with van der Waals surface area (Å²) in [6.45, 7) is 7.12. The predicted octanol–water partition coefficient (Wildman–Crippen LogP) is 17.8. The van der Waals surface area contributed by atoms with E-state index in [0.29, 0.717) is 25.7 Å². The summed E-state index contributed by atoms with van der Waals surface area (Å²) in [4.78, 5) is 71.9. The van der Waals surface area contributed by atoms with Crippen LogP contribution in [0.5, 0.6) is 0 Å². The molecule has 3 N–H and O–H groups in total. The zero-order valence-electron chi connectivity index (χ0n) is 53.3. The Hall–Kier alpha value is -1.94. The van der Waals surface area contributed by atoms with Crippen LogP contribution >= 0.6 is 15.6 Å². The van der Waals surface area contributed by atoms with Gasteiger partial charge in [0.05, 0.1) is 26.4 Å². The highest BCUT2D eigenvalue weighted by atomic mass is 31.2. The van der Waals surface area contributed by atoms with E-state index in [1.165, 1.54) is 141 Å². The number of unbranched alkanes of at least 4 members (excludes halogenated alkanes) is 36. The van der Waals surface area contributed by atoms with Gasteiger partial charge in [-0.2, -0.15) is 0 Å². The molecule has 0 heterocycles.